The molecule has 1 N–H and O–H groups in total. The number of nitrogens with zero attached hydrogens (tertiary/aromatic N) is 1. The molecule has 0 aliphatic heterocycles. The lowest BCUT2D eigenvalue weighted by Gasteiger charge is -2.04. The number of hydrogen-bond acceptors (Lipinski definition) is 4. The molecule has 0 aliphatic carbocycles. The maximum atomic E-state index is 10.7. The Labute approximate surface area is 128 Å². The van der Waals surface area contributed by atoms with Crippen LogP contribution in [0.3, 0.4) is 0 Å². The normalized spacial score (nSPS) is 10.5. The van der Waals surface area contributed by atoms with Gasteiger partial charge in [-0.05, 0) is 38.3 Å². The fraction of sp³-hybridized carbons (Fsp3) is 0.375. The predicted molar refractivity (Wildman–Crippen MR) is 83.1 cm³/mol. The SMILES string of the molecule is Cc1nc(CCCCOc2ccccc2)sc1CC(=O)O. The first kappa shape index (κ1) is 15.5. The van der Waals surface area contributed by atoms with E-state index in [1.165, 1.54) is 11.3 Å². The zero-order valence-corrected chi connectivity index (χ0v) is 12.9. The molecule has 2 rings (SSSR count). The van der Waals surface area contributed by atoms with Crippen LogP contribution in [0.2, 0.25) is 0 Å². The van der Waals surface area contributed by atoms with Crippen LogP contribution in [-0.4, -0.2) is 22.7 Å². The second-order valence-electron chi connectivity index (χ2n) is 4.81. The minimum atomic E-state index is -0.801. The van der Waals surface area contributed by atoms with Crippen molar-refractivity contribution in [1.82, 2.24) is 4.98 Å². The fourth-order valence-corrected chi connectivity index (χ4v) is 3.08. The van der Waals surface area contributed by atoms with E-state index in [9.17, 15) is 4.79 Å². The molecule has 1 aromatic heterocycles. The minimum Gasteiger partial charge on any atom is -0.494 e. The molecule has 21 heavy (non-hydrogen) atoms. The van der Waals surface area contributed by atoms with Gasteiger partial charge in [0.05, 0.1) is 23.7 Å². The van der Waals surface area contributed by atoms with Gasteiger partial charge in [0.1, 0.15) is 5.75 Å². The molecule has 1 heterocycles. The van der Waals surface area contributed by atoms with Crippen LogP contribution < -0.4 is 4.74 Å². The highest BCUT2D eigenvalue weighted by molar-refractivity contribution is 7.11. The van der Waals surface area contributed by atoms with E-state index in [1.54, 1.807) is 0 Å². The van der Waals surface area contributed by atoms with Gasteiger partial charge in [0.15, 0.2) is 0 Å². The summed E-state index contributed by atoms with van der Waals surface area (Å²) in [4.78, 5) is 16.0. The summed E-state index contributed by atoms with van der Waals surface area (Å²) < 4.78 is 5.63. The summed E-state index contributed by atoms with van der Waals surface area (Å²) in [5.74, 6) is 0.0934. The minimum absolute atomic E-state index is 0.0701. The Morgan fingerprint density at radius 3 is 2.76 bits per heavy atom. The molecule has 5 heteroatoms. The molecule has 0 fully saturated rings. The van der Waals surface area contributed by atoms with Crippen molar-refractivity contribution in [3.63, 3.8) is 0 Å². The van der Waals surface area contributed by atoms with E-state index < -0.39 is 5.97 Å². The Kier molecular flexibility index (Phi) is 5.75. The van der Waals surface area contributed by atoms with Gasteiger partial charge in [-0.25, -0.2) is 4.98 Å². The molecule has 4 nitrogen and oxygen atoms in total. The van der Waals surface area contributed by atoms with Crippen LogP contribution >= 0.6 is 11.3 Å². The summed E-state index contributed by atoms with van der Waals surface area (Å²) in [6, 6.07) is 9.77. The lowest BCUT2D eigenvalue weighted by molar-refractivity contribution is -0.136. The van der Waals surface area contributed by atoms with Crippen molar-refractivity contribution in [3.05, 3.63) is 45.9 Å². The van der Waals surface area contributed by atoms with E-state index in [0.717, 1.165) is 40.6 Å². The monoisotopic (exact) mass is 305 g/mol. The number of carbonyl (C=O) groups is 1. The maximum absolute atomic E-state index is 10.7. The smallest absolute Gasteiger partial charge is 0.308 e. The van der Waals surface area contributed by atoms with Gasteiger partial charge in [-0.1, -0.05) is 18.2 Å². The van der Waals surface area contributed by atoms with Gasteiger partial charge >= 0.3 is 5.97 Å². The van der Waals surface area contributed by atoms with Crippen LogP contribution in [0, 0.1) is 6.92 Å². The summed E-state index contributed by atoms with van der Waals surface area (Å²) in [5.41, 5.74) is 0.845. The van der Waals surface area contributed by atoms with E-state index in [4.69, 9.17) is 9.84 Å². The number of ether oxygens (including phenoxy) is 1. The van der Waals surface area contributed by atoms with Crippen LogP contribution in [-0.2, 0) is 17.6 Å². The number of rotatable bonds is 8. The molecule has 0 spiro atoms. The lowest BCUT2D eigenvalue weighted by Crippen LogP contribution is -1.99. The number of carboxylic acid groups (broad SMARTS) is 1. The molecule has 0 atom stereocenters. The zero-order valence-electron chi connectivity index (χ0n) is 12.0. The van der Waals surface area contributed by atoms with E-state index in [0.29, 0.717) is 6.61 Å². The van der Waals surface area contributed by atoms with Crippen molar-refractivity contribution < 1.29 is 14.6 Å². The Morgan fingerprint density at radius 2 is 2.05 bits per heavy atom. The number of carboxylic acids is 1. The Bertz CT molecular complexity index is 580. The lowest BCUT2D eigenvalue weighted by atomic mass is 10.2. The summed E-state index contributed by atoms with van der Waals surface area (Å²) >= 11 is 1.51. The van der Waals surface area contributed by atoms with Crippen LogP contribution in [0.25, 0.3) is 0 Å². The Balaban J connectivity index is 1.70. The first-order valence-electron chi connectivity index (χ1n) is 7.00. The number of hydrogen-bond donors (Lipinski definition) is 1. The molecule has 0 aliphatic rings. The molecule has 1 aromatic carbocycles. The van der Waals surface area contributed by atoms with Gasteiger partial charge < -0.3 is 9.84 Å². The number of aryl methyl sites for hydroxylation is 2. The van der Waals surface area contributed by atoms with Crippen molar-refractivity contribution in [3.8, 4) is 5.75 Å². The molecular formula is C16H19NO3S. The quantitative estimate of drug-likeness (QED) is 0.759. The summed E-state index contributed by atoms with van der Waals surface area (Å²) in [6.07, 6.45) is 2.90. The molecular weight excluding hydrogens is 286 g/mol. The fourth-order valence-electron chi connectivity index (χ4n) is 1.98. The first-order valence-corrected chi connectivity index (χ1v) is 7.81. The van der Waals surface area contributed by atoms with Gasteiger partial charge in [-0.15, -0.1) is 11.3 Å². The van der Waals surface area contributed by atoms with Gasteiger partial charge in [0, 0.05) is 4.88 Å². The third kappa shape index (κ3) is 5.19. The molecule has 0 unspecified atom stereocenters. The van der Waals surface area contributed by atoms with Crippen molar-refractivity contribution in [1.29, 1.82) is 0 Å². The van der Waals surface area contributed by atoms with E-state index in [-0.39, 0.29) is 6.42 Å². The number of benzene rings is 1. The topological polar surface area (TPSA) is 59.4 Å². The van der Waals surface area contributed by atoms with Crippen LogP contribution in [0.5, 0.6) is 5.75 Å². The standard InChI is InChI=1S/C16H19NO3S/c1-12-14(11-16(18)19)21-15(17-12)9-5-6-10-20-13-7-3-2-4-8-13/h2-4,7-8H,5-6,9-11H2,1H3,(H,18,19). The number of para-hydroxylation sites is 1. The summed E-state index contributed by atoms with van der Waals surface area (Å²) in [6.45, 7) is 2.56. The van der Waals surface area contributed by atoms with E-state index >= 15 is 0 Å². The maximum Gasteiger partial charge on any atom is 0.308 e. The Hall–Kier alpha value is -1.88. The van der Waals surface area contributed by atoms with E-state index in [2.05, 4.69) is 4.98 Å². The average Bonchev–Trinajstić information content (AvgIpc) is 2.79. The number of unbranched alkanes of at least 4 members (excludes halogenated alkanes) is 1. The number of aromatic nitrogens is 1. The van der Waals surface area contributed by atoms with Crippen molar-refractivity contribution in [2.24, 2.45) is 0 Å². The summed E-state index contributed by atoms with van der Waals surface area (Å²) in [7, 11) is 0. The number of thiazole rings is 1. The van der Waals surface area contributed by atoms with Crippen molar-refractivity contribution >= 4 is 17.3 Å². The largest absolute Gasteiger partial charge is 0.494 e. The van der Waals surface area contributed by atoms with E-state index in [1.807, 2.05) is 37.3 Å². The molecule has 0 saturated carbocycles. The molecule has 2 aromatic rings. The highest BCUT2D eigenvalue weighted by atomic mass is 32.1. The van der Waals surface area contributed by atoms with Crippen molar-refractivity contribution in [2.75, 3.05) is 6.61 Å². The molecule has 0 amide bonds. The molecule has 112 valence electrons. The van der Waals surface area contributed by atoms with Gasteiger partial charge in [-0.2, -0.15) is 0 Å². The van der Waals surface area contributed by atoms with Gasteiger partial charge in [-0.3, -0.25) is 4.79 Å². The zero-order chi connectivity index (χ0) is 15.1. The second kappa shape index (κ2) is 7.78. The second-order valence-corrected chi connectivity index (χ2v) is 5.97. The predicted octanol–water partition coefficient (Wildman–Crippen LogP) is 3.48. The Morgan fingerprint density at radius 1 is 1.29 bits per heavy atom. The van der Waals surface area contributed by atoms with Crippen LogP contribution in [0.4, 0.5) is 0 Å². The van der Waals surface area contributed by atoms with Crippen molar-refractivity contribution in [2.45, 2.75) is 32.6 Å². The third-order valence-corrected chi connectivity index (χ3v) is 4.26. The molecule has 0 bridgehead atoms. The van der Waals surface area contributed by atoms with Crippen LogP contribution in [0.15, 0.2) is 30.3 Å². The number of aliphatic carboxylic acids is 1. The average molecular weight is 305 g/mol. The highest BCUT2D eigenvalue weighted by Gasteiger charge is 2.10. The van der Waals surface area contributed by atoms with Gasteiger partial charge in [0.2, 0.25) is 0 Å². The molecule has 0 radical (unpaired) electrons. The third-order valence-electron chi connectivity index (χ3n) is 3.05. The molecule has 0 saturated heterocycles. The summed E-state index contributed by atoms with van der Waals surface area (Å²) in [5, 5.41) is 9.83. The van der Waals surface area contributed by atoms with Gasteiger partial charge in [0.25, 0.3) is 0 Å². The van der Waals surface area contributed by atoms with Crippen LogP contribution in [0.1, 0.15) is 28.4 Å². The first-order chi connectivity index (χ1) is 10.1. The highest BCUT2D eigenvalue weighted by Crippen LogP contribution is 2.20.